The molecule has 7 nitrogen and oxygen atoms in total. The van der Waals surface area contributed by atoms with Gasteiger partial charge in [-0.1, -0.05) is 55.7 Å². The van der Waals surface area contributed by atoms with Gasteiger partial charge in [-0.25, -0.2) is 4.79 Å². The second-order valence-corrected chi connectivity index (χ2v) is 9.08. The molecular formula is C25H32N2O5. The van der Waals surface area contributed by atoms with Gasteiger partial charge in [-0.2, -0.15) is 0 Å². The molecule has 0 aromatic heterocycles. The molecule has 2 N–H and O–H groups in total. The highest BCUT2D eigenvalue weighted by atomic mass is 16.7. The number of ether oxygens (including phenoxy) is 4. The molecule has 0 radical (unpaired) electrons. The van der Waals surface area contributed by atoms with Gasteiger partial charge in [0.15, 0.2) is 5.76 Å². The zero-order chi connectivity index (χ0) is 21.8. The average molecular weight is 441 g/mol. The van der Waals surface area contributed by atoms with Crippen LogP contribution >= 0.6 is 0 Å². The lowest BCUT2D eigenvalue weighted by Crippen LogP contribution is -2.50. The van der Waals surface area contributed by atoms with Gasteiger partial charge in [0.05, 0.1) is 25.4 Å². The van der Waals surface area contributed by atoms with Gasteiger partial charge in [-0.3, -0.25) is 0 Å². The van der Waals surface area contributed by atoms with Gasteiger partial charge in [0.2, 0.25) is 6.79 Å². The van der Waals surface area contributed by atoms with Crippen LogP contribution in [0.4, 0.5) is 4.79 Å². The number of nitrogens with one attached hydrogen (secondary N) is 2. The van der Waals surface area contributed by atoms with E-state index < -0.39 is 0 Å². The number of hydrogen-bond donors (Lipinski definition) is 2. The minimum Gasteiger partial charge on any atom is -0.461 e. The van der Waals surface area contributed by atoms with E-state index in [4.69, 9.17) is 18.9 Å². The second kappa shape index (κ2) is 9.96. The maximum atomic E-state index is 12.5. The van der Waals surface area contributed by atoms with Crippen molar-refractivity contribution < 1.29 is 23.7 Å². The summed E-state index contributed by atoms with van der Waals surface area (Å²) in [6.45, 7) is 1.27. The van der Waals surface area contributed by atoms with E-state index >= 15 is 0 Å². The monoisotopic (exact) mass is 440 g/mol. The van der Waals surface area contributed by atoms with E-state index in [9.17, 15) is 4.79 Å². The van der Waals surface area contributed by atoms with E-state index in [1.54, 1.807) is 6.26 Å². The molecule has 1 saturated carbocycles. The molecule has 0 unspecified atom stereocenters. The van der Waals surface area contributed by atoms with Crippen LogP contribution in [0, 0.1) is 5.92 Å². The number of urea groups is 1. The Morgan fingerprint density at radius 2 is 1.81 bits per heavy atom. The fourth-order valence-electron chi connectivity index (χ4n) is 5.15. The Balaban J connectivity index is 1.22. The van der Waals surface area contributed by atoms with Crippen molar-refractivity contribution in [1.82, 2.24) is 10.6 Å². The zero-order valence-corrected chi connectivity index (χ0v) is 18.3. The number of carbonyl (C=O) groups excluding carboxylic acids is 1. The fraction of sp³-hybridized carbons (Fsp3) is 0.560. The minimum atomic E-state index is -0.138. The van der Waals surface area contributed by atoms with Crippen molar-refractivity contribution in [2.24, 2.45) is 5.92 Å². The molecule has 7 heteroatoms. The first-order valence-corrected chi connectivity index (χ1v) is 11.8. The number of benzene rings is 1. The molecule has 3 fully saturated rings. The molecule has 172 valence electrons. The van der Waals surface area contributed by atoms with Crippen molar-refractivity contribution in [1.29, 1.82) is 0 Å². The van der Waals surface area contributed by atoms with Gasteiger partial charge >= 0.3 is 6.03 Å². The third kappa shape index (κ3) is 4.94. The molecule has 2 saturated heterocycles. The highest BCUT2D eigenvalue weighted by Crippen LogP contribution is 2.34. The van der Waals surface area contributed by atoms with Crippen molar-refractivity contribution in [3.8, 4) is 0 Å². The number of allylic oxidation sites excluding steroid dienone is 1. The van der Waals surface area contributed by atoms with Crippen LogP contribution in [0.25, 0.3) is 0 Å². The Hall–Kier alpha value is -2.51. The van der Waals surface area contributed by atoms with Crippen LogP contribution in [-0.2, 0) is 25.4 Å². The van der Waals surface area contributed by atoms with Crippen LogP contribution in [-0.4, -0.2) is 50.3 Å². The number of rotatable bonds is 6. The predicted molar refractivity (Wildman–Crippen MR) is 119 cm³/mol. The summed E-state index contributed by atoms with van der Waals surface area (Å²) in [5.41, 5.74) is 2.27. The summed E-state index contributed by atoms with van der Waals surface area (Å²) in [6.07, 6.45) is 10.2. The van der Waals surface area contributed by atoms with Crippen LogP contribution in [0.3, 0.4) is 0 Å². The first-order valence-electron chi connectivity index (χ1n) is 11.8. The quantitative estimate of drug-likeness (QED) is 0.709. The number of fused-ring (bicyclic) bond motifs is 1. The summed E-state index contributed by atoms with van der Waals surface area (Å²) >= 11 is 0. The van der Waals surface area contributed by atoms with Crippen LogP contribution in [0.1, 0.15) is 37.7 Å². The summed E-state index contributed by atoms with van der Waals surface area (Å²) in [4.78, 5) is 12.5. The minimum absolute atomic E-state index is 0.0799. The maximum Gasteiger partial charge on any atom is 0.315 e. The molecule has 3 aliphatic heterocycles. The Labute approximate surface area is 189 Å². The first kappa shape index (κ1) is 21.3. The molecule has 4 atom stereocenters. The lowest BCUT2D eigenvalue weighted by atomic mass is 9.94. The molecule has 5 rings (SSSR count). The number of hydrogen-bond acceptors (Lipinski definition) is 5. The molecule has 1 aromatic rings. The highest BCUT2D eigenvalue weighted by Gasteiger charge is 2.47. The van der Waals surface area contributed by atoms with E-state index in [1.807, 2.05) is 18.2 Å². The summed E-state index contributed by atoms with van der Waals surface area (Å²) in [7, 11) is 0. The molecule has 0 spiro atoms. The maximum absolute atomic E-state index is 12.5. The Kier molecular flexibility index (Phi) is 6.64. The summed E-state index contributed by atoms with van der Waals surface area (Å²) in [6, 6.07) is 10.3. The Morgan fingerprint density at radius 3 is 2.59 bits per heavy atom. The summed E-state index contributed by atoms with van der Waals surface area (Å²) in [5.74, 6) is 0.855. The molecule has 32 heavy (non-hydrogen) atoms. The van der Waals surface area contributed by atoms with Crippen molar-refractivity contribution in [3.63, 3.8) is 0 Å². The van der Waals surface area contributed by atoms with Crippen LogP contribution in [0.2, 0.25) is 0 Å². The van der Waals surface area contributed by atoms with Crippen molar-refractivity contribution >= 4 is 6.03 Å². The SMILES string of the molecule is O=C(NC1CCCCC1)N[C@H]1CO[C@H]2[C@@H]1OC[C@@H]2C=C(Cc1ccccc1)C1=COCO1. The third-order valence-corrected chi connectivity index (χ3v) is 6.79. The number of amides is 2. The lowest BCUT2D eigenvalue weighted by molar-refractivity contribution is 0.0659. The van der Waals surface area contributed by atoms with Gasteiger partial charge < -0.3 is 29.6 Å². The van der Waals surface area contributed by atoms with Gasteiger partial charge in [0.1, 0.15) is 12.4 Å². The highest BCUT2D eigenvalue weighted by molar-refractivity contribution is 5.74. The average Bonchev–Trinajstić information content (AvgIpc) is 3.55. The fourth-order valence-corrected chi connectivity index (χ4v) is 5.15. The standard InChI is InChI=1S/C25H32N2O5/c28-25(26-20-9-5-2-6-10-20)27-21-14-31-23-19(13-30-24(21)23)12-18(22-15-29-16-32-22)11-17-7-3-1-4-8-17/h1,3-4,7-8,12,15,19-21,23-24H,2,5-6,9-11,13-14,16H2,(H2,26,27,28)/t19-,21-,23+,24+/m0/s1. The molecule has 1 aromatic carbocycles. The number of carbonyl (C=O) groups is 1. The molecular weight excluding hydrogens is 408 g/mol. The topological polar surface area (TPSA) is 78.1 Å². The van der Waals surface area contributed by atoms with Crippen LogP contribution < -0.4 is 10.6 Å². The van der Waals surface area contributed by atoms with Gasteiger partial charge in [0.25, 0.3) is 0 Å². The van der Waals surface area contributed by atoms with Crippen molar-refractivity contribution in [2.75, 3.05) is 20.0 Å². The van der Waals surface area contributed by atoms with E-state index in [2.05, 4.69) is 28.8 Å². The Bertz CT molecular complexity index is 849. The molecule has 0 bridgehead atoms. The summed E-state index contributed by atoms with van der Waals surface area (Å²) in [5, 5.41) is 6.21. The zero-order valence-electron chi connectivity index (χ0n) is 18.3. The van der Waals surface area contributed by atoms with E-state index in [0.717, 1.165) is 30.6 Å². The largest absolute Gasteiger partial charge is 0.461 e. The van der Waals surface area contributed by atoms with E-state index in [0.29, 0.717) is 13.2 Å². The van der Waals surface area contributed by atoms with Crippen LogP contribution in [0.5, 0.6) is 0 Å². The second-order valence-electron chi connectivity index (χ2n) is 9.08. The molecule has 3 heterocycles. The molecule has 4 aliphatic rings. The van der Waals surface area contributed by atoms with Crippen molar-refractivity contribution in [2.45, 2.75) is 62.8 Å². The van der Waals surface area contributed by atoms with Crippen LogP contribution in [0.15, 0.2) is 54.0 Å². The predicted octanol–water partition coefficient (Wildman–Crippen LogP) is 3.42. The van der Waals surface area contributed by atoms with Gasteiger partial charge in [-0.05, 0) is 24.0 Å². The van der Waals surface area contributed by atoms with Gasteiger partial charge in [0, 0.05) is 18.4 Å². The first-order chi connectivity index (χ1) is 15.8. The third-order valence-electron chi connectivity index (χ3n) is 6.79. The summed E-state index contributed by atoms with van der Waals surface area (Å²) < 4.78 is 23.2. The smallest absolute Gasteiger partial charge is 0.315 e. The molecule has 1 aliphatic carbocycles. The normalized spacial score (nSPS) is 30.2. The van der Waals surface area contributed by atoms with Crippen molar-refractivity contribution in [3.05, 3.63) is 59.6 Å². The van der Waals surface area contributed by atoms with Gasteiger partial charge in [-0.15, -0.1) is 0 Å². The lowest BCUT2D eigenvalue weighted by Gasteiger charge is -2.24. The van der Waals surface area contributed by atoms with E-state index in [-0.39, 0.29) is 43.0 Å². The van der Waals surface area contributed by atoms with E-state index in [1.165, 1.54) is 24.8 Å². The Morgan fingerprint density at radius 1 is 1.00 bits per heavy atom. The molecule has 2 amide bonds.